The fourth-order valence-corrected chi connectivity index (χ4v) is 3.17. The van der Waals surface area contributed by atoms with Crippen molar-refractivity contribution in [2.75, 3.05) is 32.9 Å². The van der Waals surface area contributed by atoms with Crippen molar-refractivity contribution >= 4 is 22.8 Å². The second-order valence-corrected chi connectivity index (χ2v) is 6.54. The lowest BCUT2D eigenvalue weighted by Crippen LogP contribution is -2.43. The van der Waals surface area contributed by atoms with Crippen molar-refractivity contribution in [2.45, 2.75) is 0 Å². The van der Waals surface area contributed by atoms with Gasteiger partial charge >= 0.3 is 0 Å². The average Bonchev–Trinajstić information content (AvgIpc) is 3.21. The van der Waals surface area contributed by atoms with Crippen LogP contribution in [0.4, 0.5) is 0 Å². The van der Waals surface area contributed by atoms with Crippen LogP contribution < -0.4 is 10.2 Å². The van der Waals surface area contributed by atoms with Crippen LogP contribution in [0.2, 0.25) is 0 Å². The molecular weight excluding hydrogens is 376 g/mol. The molecule has 9 heteroatoms. The molecule has 0 saturated carbocycles. The summed E-state index contributed by atoms with van der Waals surface area (Å²) in [5.41, 5.74) is 3.91. The molecule has 3 N–H and O–H groups in total. The van der Waals surface area contributed by atoms with Crippen LogP contribution in [0.1, 0.15) is 10.4 Å². The van der Waals surface area contributed by atoms with Crippen molar-refractivity contribution in [3.05, 3.63) is 48.0 Å². The van der Waals surface area contributed by atoms with Gasteiger partial charge in [0.15, 0.2) is 6.61 Å². The molecule has 1 aromatic heterocycles. The number of hydrogen-bond donors (Lipinski definition) is 3. The zero-order chi connectivity index (χ0) is 20.2. The van der Waals surface area contributed by atoms with Gasteiger partial charge in [0.05, 0.1) is 29.8 Å². The van der Waals surface area contributed by atoms with Crippen LogP contribution in [0, 0.1) is 0 Å². The van der Waals surface area contributed by atoms with Gasteiger partial charge in [-0.3, -0.25) is 14.8 Å². The van der Waals surface area contributed by atoms with E-state index in [1.54, 1.807) is 34.6 Å². The third-order valence-corrected chi connectivity index (χ3v) is 4.70. The zero-order valence-corrected chi connectivity index (χ0v) is 15.6. The number of aromatic amines is 1. The van der Waals surface area contributed by atoms with Gasteiger partial charge < -0.3 is 19.4 Å². The first kappa shape index (κ1) is 18.9. The molecule has 3 aromatic rings. The Labute approximate surface area is 166 Å². The highest BCUT2D eigenvalue weighted by atomic mass is 16.5. The highest BCUT2D eigenvalue weighted by molar-refractivity contribution is 5.97. The number of rotatable bonds is 5. The predicted octanol–water partition coefficient (Wildman–Crippen LogP) is 1.59. The number of carbonyl (C=O) groups is 2. The molecule has 0 atom stereocenters. The molecule has 0 unspecified atom stereocenters. The Morgan fingerprint density at radius 3 is 2.79 bits per heavy atom. The monoisotopic (exact) mass is 396 g/mol. The number of H-pyrrole nitrogens is 1. The van der Waals surface area contributed by atoms with Crippen molar-refractivity contribution in [3.63, 3.8) is 0 Å². The maximum atomic E-state index is 12.4. The number of amides is 2. The zero-order valence-electron chi connectivity index (χ0n) is 15.6. The fraction of sp³-hybridized carbons (Fsp3) is 0.250. The lowest BCUT2D eigenvalue weighted by atomic mass is 10.2. The number of fused-ring (bicyclic) bond motifs is 1. The molecule has 1 fully saturated rings. The Morgan fingerprint density at radius 1 is 1.21 bits per heavy atom. The molecule has 29 heavy (non-hydrogen) atoms. The van der Waals surface area contributed by atoms with Gasteiger partial charge in [0.2, 0.25) is 0 Å². The first-order valence-corrected chi connectivity index (χ1v) is 9.17. The predicted molar refractivity (Wildman–Crippen MR) is 104 cm³/mol. The Bertz CT molecular complexity index is 1040. The average molecular weight is 396 g/mol. The number of hydrogen-bond acceptors (Lipinski definition) is 6. The summed E-state index contributed by atoms with van der Waals surface area (Å²) in [6.07, 6.45) is 0. The van der Waals surface area contributed by atoms with E-state index in [0.717, 1.165) is 0 Å². The second kappa shape index (κ2) is 8.29. The number of benzene rings is 2. The van der Waals surface area contributed by atoms with Gasteiger partial charge in [-0.2, -0.15) is 0 Å². The van der Waals surface area contributed by atoms with Gasteiger partial charge in [-0.25, -0.2) is 10.5 Å². The normalized spacial score (nSPS) is 14.0. The number of nitrogens with one attached hydrogen (secondary N) is 2. The summed E-state index contributed by atoms with van der Waals surface area (Å²) in [5, 5.41) is 8.80. The van der Waals surface area contributed by atoms with Crippen LogP contribution in [0.3, 0.4) is 0 Å². The van der Waals surface area contributed by atoms with E-state index in [9.17, 15) is 9.59 Å². The number of ether oxygens (including phenoxy) is 2. The number of hydroxylamine groups is 1. The molecule has 1 saturated heterocycles. The van der Waals surface area contributed by atoms with Gasteiger partial charge in [0.1, 0.15) is 11.6 Å². The third kappa shape index (κ3) is 4.05. The molecule has 2 aromatic carbocycles. The first-order valence-electron chi connectivity index (χ1n) is 9.17. The number of nitrogens with zero attached hydrogens (tertiary/aromatic N) is 2. The summed E-state index contributed by atoms with van der Waals surface area (Å²) in [6, 6.07) is 12.2. The summed E-state index contributed by atoms with van der Waals surface area (Å²) in [7, 11) is 0. The Balaban J connectivity index is 1.56. The van der Waals surface area contributed by atoms with Crippen molar-refractivity contribution in [1.29, 1.82) is 0 Å². The molecule has 0 aliphatic carbocycles. The number of carbonyl (C=O) groups excluding carboxylic acids is 2. The first-order chi connectivity index (χ1) is 14.2. The molecule has 0 bridgehead atoms. The van der Waals surface area contributed by atoms with E-state index in [1.807, 2.05) is 18.2 Å². The summed E-state index contributed by atoms with van der Waals surface area (Å²) in [4.78, 5) is 33.4. The highest BCUT2D eigenvalue weighted by Gasteiger charge is 2.18. The van der Waals surface area contributed by atoms with E-state index in [4.69, 9.17) is 14.7 Å². The van der Waals surface area contributed by atoms with Crippen LogP contribution in [-0.2, 0) is 9.53 Å². The summed E-state index contributed by atoms with van der Waals surface area (Å²) in [6.45, 7) is 2.14. The molecule has 2 heterocycles. The molecule has 150 valence electrons. The molecule has 0 radical (unpaired) electrons. The minimum absolute atomic E-state index is 0.0714. The molecule has 2 amide bonds. The topological polar surface area (TPSA) is 117 Å². The molecular formula is C20H20N4O5. The molecule has 0 spiro atoms. The van der Waals surface area contributed by atoms with Gasteiger partial charge in [-0.15, -0.1) is 0 Å². The van der Waals surface area contributed by atoms with Crippen LogP contribution in [-0.4, -0.2) is 64.8 Å². The largest absolute Gasteiger partial charge is 0.483 e. The van der Waals surface area contributed by atoms with Gasteiger partial charge in [-0.05, 0) is 30.3 Å². The van der Waals surface area contributed by atoms with Crippen molar-refractivity contribution in [2.24, 2.45) is 0 Å². The number of imidazole rings is 1. The van der Waals surface area contributed by atoms with Crippen LogP contribution in [0.5, 0.6) is 5.75 Å². The maximum Gasteiger partial charge on any atom is 0.274 e. The Morgan fingerprint density at radius 2 is 2.00 bits per heavy atom. The van der Waals surface area contributed by atoms with Gasteiger partial charge in [0.25, 0.3) is 11.8 Å². The second-order valence-electron chi connectivity index (χ2n) is 6.54. The van der Waals surface area contributed by atoms with E-state index in [2.05, 4.69) is 9.97 Å². The summed E-state index contributed by atoms with van der Waals surface area (Å²) >= 11 is 0. The Kier molecular flexibility index (Phi) is 5.41. The van der Waals surface area contributed by atoms with Crippen molar-refractivity contribution < 1.29 is 24.3 Å². The number of morpholine rings is 1. The fourth-order valence-electron chi connectivity index (χ4n) is 3.17. The number of para-hydroxylation sites is 1. The summed E-state index contributed by atoms with van der Waals surface area (Å²) < 4.78 is 11.1. The third-order valence-electron chi connectivity index (χ3n) is 4.70. The standard InChI is InChI=1S/C20H20N4O5/c25-18(24-7-9-28-10-8-24)12-29-17-4-2-1-3-14(17)19-21-15-6-5-13(20(26)23-27)11-16(15)22-19/h1-6,11,27H,7-10,12H2,(H,21,22)(H,23,26). The SMILES string of the molecule is O=C(NO)c1ccc2nc(-c3ccccc3OCC(=O)N3CCOCC3)[nH]c2c1. The van der Waals surface area contributed by atoms with Crippen LogP contribution in [0.25, 0.3) is 22.4 Å². The minimum Gasteiger partial charge on any atom is -0.483 e. The van der Waals surface area contributed by atoms with E-state index in [0.29, 0.717) is 60.0 Å². The minimum atomic E-state index is -0.603. The highest BCUT2D eigenvalue weighted by Crippen LogP contribution is 2.29. The lowest BCUT2D eigenvalue weighted by Gasteiger charge is -2.26. The smallest absolute Gasteiger partial charge is 0.274 e. The quantitative estimate of drug-likeness (QED) is 0.445. The lowest BCUT2D eigenvalue weighted by molar-refractivity contribution is -0.137. The molecule has 1 aliphatic heterocycles. The van der Waals surface area contributed by atoms with Crippen LogP contribution in [0.15, 0.2) is 42.5 Å². The van der Waals surface area contributed by atoms with Crippen molar-refractivity contribution in [3.8, 4) is 17.1 Å². The van der Waals surface area contributed by atoms with E-state index < -0.39 is 5.91 Å². The van der Waals surface area contributed by atoms with Crippen LogP contribution >= 0.6 is 0 Å². The van der Waals surface area contributed by atoms with E-state index in [-0.39, 0.29) is 12.5 Å². The molecule has 1 aliphatic rings. The molecule has 9 nitrogen and oxygen atoms in total. The molecule has 4 rings (SSSR count). The van der Waals surface area contributed by atoms with Gasteiger partial charge in [0, 0.05) is 18.7 Å². The summed E-state index contributed by atoms with van der Waals surface area (Å²) in [5.74, 6) is 0.387. The Hall–Kier alpha value is -3.43. The van der Waals surface area contributed by atoms with E-state index in [1.165, 1.54) is 0 Å². The maximum absolute atomic E-state index is 12.4. The van der Waals surface area contributed by atoms with E-state index >= 15 is 0 Å². The van der Waals surface area contributed by atoms with Gasteiger partial charge in [-0.1, -0.05) is 12.1 Å². The van der Waals surface area contributed by atoms with Crippen molar-refractivity contribution in [1.82, 2.24) is 20.3 Å². The number of aromatic nitrogens is 2.